The van der Waals surface area contributed by atoms with E-state index in [0.717, 1.165) is 46.4 Å². The van der Waals surface area contributed by atoms with Crippen LogP contribution in [0.25, 0.3) is 21.9 Å². The molecule has 3 rings (SSSR count). The first-order chi connectivity index (χ1) is 11.1. The van der Waals surface area contributed by atoms with Crippen LogP contribution in [0.2, 0.25) is 0 Å². The highest BCUT2D eigenvalue weighted by atomic mass is 16.6. The quantitative estimate of drug-likeness (QED) is 0.708. The largest absolute Gasteiger partial charge is 0.382 e. The standard InChI is InChI=1S/C17H21N5O/c1-11(21-23-3)7-6-10-22-12(2)19-15-16(22)13-8-4-5-9-14(13)20-17(15)18/h4-5,7-9,21H,6,10H2,1-3H3,(H2,18,20). The van der Waals surface area contributed by atoms with Crippen molar-refractivity contribution in [2.24, 2.45) is 0 Å². The minimum atomic E-state index is 0.480. The highest BCUT2D eigenvalue weighted by Gasteiger charge is 2.14. The van der Waals surface area contributed by atoms with E-state index in [-0.39, 0.29) is 0 Å². The summed E-state index contributed by atoms with van der Waals surface area (Å²) in [5.41, 5.74) is 12.6. The van der Waals surface area contributed by atoms with Gasteiger partial charge in [-0.25, -0.2) is 9.97 Å². The lowest BCUT2D eigenvalue weighted by atomic mass is 10.2. The maximum atomic E-state index is 6.10. The molecule has 0 aliphatic heterocycles. The van der Waals surface area contributed by atoms with Crippen molar-refractivity contribution in [2.45, 2.75) is 26.8 Å². The van der Waals surface area contributed by atoms with Crippen LogP contribution in [0.1, 0.15) is 19.2 Å². The number of nitrogens with zero attached hydrogens (tertiary/aromatic N) is 3. The van der Waals surface area contributed by atoms with Crippen molar-refractivity contribution in [2.75, 3.05) is 12.8 Å². The number of nitrogens with two attached hydrogens (primary N) is 1. The summed E-state index contributed by atoms with van der Waals surface area (Å²) in [5.74, 6) is 1.42. The second-order valence-electron chi connectivity index (χ2n) is 5.50. The Hall–Kier alpha value is -2.60. The molecule has 120 valence electrons. The van der Waals surface area contributed by atoms with Crippen LogP contribution < -0.4 is 11.2 Å². The van der Waals surface area contributed by atoms with Crippen molar-refractivity contribution in [3.8, 4) is 0 Å². The van der Waals surface area contributed by atoms with E-state index in [9.17, 15) is 0 Å². The molecule has 2 heterocycles. The zero-order chi connectivity index (χ0) is 16.4. The van der Waals surface area contributed by atoms with E-state index in [4.69, 9.17) is 10.6 Å². The fourth-order valence-electron chi connectivity index (χ4n) is 2.86. The molecular weight excluding hydrogens is 290 g/mol. The summed E-state index contributed by atoms with van der Waals surface area (Å²) < 4.78 is 2.20. The number of anilines is 1. The van der Waals surface area contributed by atoms with Crippen LogP contribution in [0.5, 0.6) is 0 Å². The number of pyridine rings is 1. The second kappa shape index (κ2) is 6.26. The van der Waals surface area contributed by atoms with Gasteiger partial charge < -0.3 is 10.3 Å². The molecule has 3 N–H and O–H groups in total. The molecule has 0 atom stereocenters. The van der Waals surface area contributed by atoms with Crippen LogP contribution >= 0.6 is 0 Å². The third-order valence-corrected chi connectivity index (χ3v) is 3.87. The number of rotatable bonds is 5. The van der Waals surface area contributed by atoms with E-state index in [0.29, 0.717) is 5.82 Å². The summed E-state index contributed by atoms with van der Waals surface area (Å²) in [7, 11) is 1.60. The lowest BCUT2D eigenvalue weighted by Gasteiger charge is -2.09. The Labute approximate surface area is 134 Å². The number of para-hydroxylation sites is 1. The lowest BCUT2D eigenvalue weighted by Crippen LogP contribution is -2.08. The highest BCUT2D eigenvalue weighted by molar-refractivity contribution is 6.06. The van der Waals surface area contributed by atoms with Crippen molar-refractivity contribution < 1.29 is 4.84 Å². The van der Waals surface area contributed by atoms with Gasteiger partial charge in [0.2, 0.25) is 0 Å². The van der Waals surface area contributed by atoms with Crippen molar-refractivity contribution in [3.63, 3.8) is 0 Å². The average molecular weight is 311 g/mol. The number of nitrogens with one attached hydrogen (secondary N) is 1. The van der Waals surface area contributed by atoms with Gasteiger partial charge in [-0.2, -0.15) is 0 Å². The summed E-state index contributed by atoms with van der Waals surface area (Å²) in [5, 5.41) is 1.08. The fourth-order valence-corrected chi connectivity index (χ4v) is 2.86. The van der Waals surface area contributed by atoms with Crippen LogP contribution in [0.15, 0.2) is 36.0 Å². The molecule has 1 aromatic carbocycles. The normalized spacial score (nSPS) is 12.2. The molecule has 0 unspecified atom stereocenters. The molecule has 0 aliphatic rings. The van der Waals surface area contributed by atoms with Gasteiger partial charge in [0, 0.05) is 17.6 Å². The molecule has 0 saturated carbocycles. The van der Waals surface area contributed by atoms with Gasteiger partial charge in [-0.15, -0.1) is 0 Å². The predicted octanol–water partition coefficient (Wildman–Crippen LogP) is 2.92. The third kappa shape index (κ3) is 2.85. The minimum absolute atomic E-state index is 0.480. The minimum Gasteiger partial charge on any atom is -0.382 e. The van der Waals surface area contributed by atoms with E-state index in [1.807, 2.05) is 32.0 Å². The summed E-state index contributed by atoms with van der Waals surface area (Å²) in [4.78, 5) is 14.0. The van der Waals surface area contributed by atoms with Gasteiger partial charge in [0.1, 0.15) is 11.3 Å². The average Bonchev–Trinajstić information content (AvgIpc) is 2.86. The van der Waals surface area contributed by atoms with Gasteiger partial charge in [0.05, 0.1) is 18.1 Å². The Bertz CT molecular complexity index is 881. The van der Waals surface area contributed by atoms with Crippen LogP contribution in [0, 0.1) is 6.92 Å². The van der Waals surface area contributed by atoms with Crippen molar-refractivity contribution in [3.05, 3.63) is 41.9 Å². The molecule has 3 aromatic rings. The first kappa shape index (κ1) is 15.3. The number of aromatic nitrogens is 3. The third-order valence-electron chi connectivity index (χ3n) is 3.87. The van der Waals surface area contributed by atoms with E-state index >= 15 is 0 Å². The highest BCUT2D eigenvalue weighted by Crippen LogP contribution is 2.28. The second-order valence-corrected chi connectivity index (χ2v) is 5.50. The van der Waals surface area contributed by atoms with Crippen molar-refractivity contribution >= 4 is 27.8 Å². The number of imidazole rings is 1. The zero-order valence-corrected chi connectivity index (χ0v) is 13.6. The van der Waals surface area contributed by atoms with Crippen LogP contribution in [-0.4, -0.2) is 21.6 Å². The van der Waals surface area contributed by atoms with Gasteiger partial charge in [-0.05, 0) is 26.3 Å². The maximum absolute atomic E-state index is 6.10. The van der Waals surface area contributed by atoms with Crippen LogP contribution in [0.3, 0.4) is 0 Å². The van der Waals surface area contributed by atoms with Gasteiger partial charge >= 0.3 is 0 Å². The van der Waals surface area contributed by atoms with E-state index in [1.54, 1.807) is 7.11 Å². The molecule has 0 radical (unpaired) electrons. The molecule has 6 heteroatoms. The molecule has 0 spiro atoms. The topological polar surface area (TPSA) is 78.0 Å². The van der Waals surface area contributed by atoms with Gasteiger partial charge in [-0.3, -0.25) is 10.3 Å². The monoisotopic (exact) mass is 311 g/mol. The van der Waals surface area contributed by atoms with Gasteiger partial charge in [-0.1, -0.05) is 24.3 Å². The SMILES string of the molecule is CONC(C)=CCCn1c(C)nc2c(N)nc3ccccc3c21. The Morgan fingerprint density at radius 1 is 1.35 bits per heavy atom. The molecule has 6 nitrogen and oxygen atoms in total. The van der Waals surface area contributed by atoms with Gasteiger partial charge in [0.15, 0.2) is 5.82 Å². The molecule has 0 fully saturated rings. The molecule has 0 bridgehead atoms. The first-order valence-corrected chi connectivity index (χ1v) is 7.58. The van der Waals surface area contributed by atoms with Crippen molar-refractivity contribution in [1.82, 2.24) is 20.0 Å². The Morgan fingerprint density at radius 3 is 2.91 bits per heavy atom. The Morgan fingerprint density at radius 2 is 2.13 bits per heavy atom. The van der Waals surface area contributed by atoms with E-state index in [1.165, 1.54) is 0 Å². The number of hydrogen-bond donors (Lipinski definition) is 2. The molecule has 0 aliphatic carbocycles. The first-order valence-electron chi connectivity index (χ1n) is 7.58. The fraction of sp³-hybridized carbons (Fsp3) is 0.294. The molecule has 23 heavy (non-hydrogen) atoms. The Kier molecular flexibility index (Phi) is 4.16. The zero-order valence-electron chi connectivity index (χ0n) is 13.6. The maximum Gasteiger partial charge on any atom is 0.152 e. The molecule has 0 saturated heterocycles. The molecule has 2 aromatic heterocycles. The number of hydroxylamine groups is 1. The predicted molar refractivity (Wildman–Crippen MR) is 92.7 cm³/mol. The number of allylic oxidation sites excluding steroid dienone is 2. The number of hydrogen-bond acceptors (Lipinski definition) is 5. The lowest BCUT2D eigenvalue weighted by molar-refractivity contribution is 0.118. The summed E-state index contributed by atoms with van der Waals surface area (Å²) >= 11 is 0. The summed E-state index contributed by atoms with van der Waals surface area (Å²) in [6.45, 7) is 4.79. The Balaban J connectivity index is 2.06. The van der Waals surface area contributed by atoms with Crippen molar-refractivity contribution in [1.29, 1.82) is 0 Å². The number of fused-ring (bicyclic) bond motifs is 3. The van der Waals surface area contributed by atoms with E-state index in [2.05, 4.69) is 32.2 Å². The number of benzene rings is 1. The number of nitrogen functional groups attached to an aromatic ring is 1. The molecule has 0 amide bonds. The van der Waals surface area contributed by atoms with Crippen LogP contribution in [-0.2, 0) is 11.4 Å². The van der Waals surface area contributed by atoms with Gasteiger partial charge in [0.25, 0.3) is 0 Å². The summed E-state index contributed by atoms with van der Waals surface area (Å²) in [6, 6.07) is 8.02. The molecular formula is C17H21N5O. The smallest absolute Gasteiger partial charge is 0.152 e. The number of aryl methyl sites for hydroxylation is 2. The van der Waals surface area contributed by atoms with Crippen LogP contribution in [0.4, 0.5) is 5.82 Å². The van der Waals surface area contributed by atoms with E-state index < -0.39 is 0 Å². The summed E-state index contributed by atoms with van der Waals surface area (Å²) in [6.07, 6.45) is 2.96.